The van der Waals surface area contributed by atoms with Crippen molar-refractivity contribution in [1.82, 2.24) is 4.90 Å². The van der Waals surface area contributed by atoms with Crippen LogP contribution >= 0.6 is 0 Å². The van der Waals surface area contributed by atoms with E-state index in [2.05, 4.69) is 12.2 Å². The maximum absolute atomic E-state index is 13.2. The molecule has 5 nitrogen and oxygen atoms in total. The number of hydrogen-bond donors (Lipinski definition) is 1. The van der Waals surface area contributed by atoms with Crippen molar-refractivity contribution in [2.24, 2.45) is 0 Å². The molecule has 0 aromatic heterocycles. The van der Waals surface area contributed by atoms with Crippen molar-refractivity contribution in [3.8, 4) is 5.75 Å². The molecule has 0 saturated heterocycles. The molecule has 1 aliphatic rings. The molecule has 0 saturated carbocycles. The quantitative estimate of drug-likeness (QED) is 0.887. The van der Waals surface area contributed by atoms with E-state index in [0.29, 0.717) is 23.5 Å². The molecule has 1 aliphatic heterocycles. The first-order valence-electron chi connectivity index (χ1n) is 8.92. The Bertz CT molecular complexity index is 832. The van der Waals surface area contributed by atoms with E-state index in [1.165, 1.54) is 0 Å². The van der Waals surface area contributed by atoms with Gasteiger partial charge in [0.2, 0.25) is 0 Å². The molecular formula is C21H24N2O3. The van der Waals surface area contributed by atoms with Crippen LogP contribution in [0.15, 0.2) is 42.5 Å². The number of aryl methyl sites for hydroxylation is 1. The minimum absolute atomic E-state index is 0.128. The van der Waals surface area contributed by atoms with E-state index in [1.807, 2.05) is 37.3 Å². The summed E-state index contributed by atoms with van der Waals surface area (Å²) >= 11 is 0. The van der Waals surface area contributed by atoms with Gasteiger partial charge in [0.15, 0.2) is 0 Å². The predicted octanol–water partition coefficient (Wildman–Crippen LogP) is 3.94. The summed E-state index contributed by atoms with van der Waals surface area (Å²) in [6.45, 7) is 4.55. The second-order valence-corrected chi connectivity index (χ2v) is 6.52. The Morgan fingerprint density at radius 3 is 2.65 bits per heavy atom. The summed E-state index contributed by atoms with van der Waals surface area (Å²) < 4.78 is 5.41. The first kappa shape index (κ1) is 18.0. The molecule has 2 amide bonds. The fourth-order valence-electron chi connectivity index (χ4n) is 3.29. The summed E-state index contributed by atoms with van der Waals surface area (Å²) in [6.07, 6.45) is 1.78. The summed E-state index contributed by atoms with van der Waals surface area (Å²) in [5, 5.41) is 2.92. The van der Waals surface area contributed by atoms with Gasteiger partial charge in [-0.3, -0.25) is 9.59 Å². The summed E-state index contributed by atoms with van der Waals surface area (Å²) in [5.41, 5.74) is 2.83. The number of anilines is 1. The van der Waals surface area contributed by atoms with Gasteiger partial charge in [-0.2, -0.15) is 0 Å². The van der Waals surface area contributed by atoms with Crippen LogP contribution in [0.5, 0.6) is 5.75 Å². The van der Waals surface area contributed by atoms with E-state index in [4.69, 9.17) is 4.74 Å². The molecule has 2 aromatic rings. The first-order chi connectivity index (χ1) is 12.6. The number of hydrogen-bond acceptors (Lipinski definition) is 3. The monoisotopic (exact) mass is 352 g/mol. The van der Waals surface area contributed by atoms with E-state index in [-0.39, 0.29) is 11.8 Å². The summed E-state index contributed by atoms with van der Waals surface area (Å²) in [6, 6.07) is 12.1. The highest BCUT2D eigenvalue weighted by Crippen LogP contribution is 2.33. The zero-order valence-corrected chi connectivity index (χ0v) is 15.4. The van der Waals surface area contributed by atoms with Gasteiger partial charge in [-0.25, -0.2) is 0 Å². The number of unbranched alkanes of at least 4 members (excludes halogenated alkanes) is 1. The van der Waals surface area contributed by atoms with Crippen LogP contribution in [0.25, 0.3) is 0 Å². The van der Waals surface area contributed by atoms with Gasteiger partial charge in [-0.15, -0.1) is 0 Å². The lowest BCUT2D eigenvalue weighted by molar-refractivity contribution is -0.120. The molecule has 2 aromatic carbocycles. The van der Waals surface area contributed by atoms with Crippen molar-refractivity contribution in [2.75, 3.05) is 19.0 Å². The molecule has 1 unspecified atom stereocenters. The zero-order valence-electron chi connectivity index (χ0n) is 15.4. The van der Waals surface area contributed by atoms with Crippen LogP contribution < -0.4 is 10.1 Å². The second kappa shape index (κ2) is 7.60. The molecule has 0 spiro atoms. The van der Waals surface area contributed by atoms with Crippen LogP contribution in [0, 0.1) is 6.92 Å². The molecule has 0 bridgehead atoms. The Balaban J connectivity index is 2.09. The number of carbonyl (C=O) groups excluding carboxylic acids is 2. The van der Waals surface area contributed by atoms with Crippen molar-refractivity contribution in [3.63, 3.8) is 0 Å². The molecular weight excluding hydrogens is 328 g/mol. The highest BCUT2D eigenvalue weighted by Gasteiger charge is 2.36. The van der Waals surface area contributed by atoms with Crippen LogP contribution in [-0.4, -0.2) is 30.4 Å². The van der Waals surface area contributed by atoms with Crippen LogP contribution in [-0.2, 0) is 4.79 Å². The smallest absolute Gasteiger partial charge is 0.256 e. The van der Waals surface area contributed by atoms with Crippen molar-refractivity contribution >= 4 is 17.5 Å². The molecule has 1 heterocycles. The molecule has 1 N–H and O–H groups in total. The largest absolute Gasteiger partial charge is 0.496 e. The molecule has 136 valence electrons. The Labute approximate surface area is 154 Å². The molecule has 26 heavy (non-hydrogen) atoms. The summed E-state index contributed by atoms with van der Waals surface area (Å²) in [4.78, 5) is 27.9. The maximum Gasteiger partial charge on any atom is 0.256 e. The van der Waals surface area contributed by atoms with Crippen molar-refractivity contribution in [1.29, 1.82) is 0 Å². The number of carbonyl (C=O) groups is 2. The Hall–Kier alpha value is -2.82. The number of methoxy groups -OCH3 is 1. The van der Waals surface area contributed by atoms with Gasteiger partial charge in [0.1, 0.15) is 11.8 Å². The normalized spacial score (nSPS) is 16.7. The topological polar surface area (TPSA) is 58.6 Å². The van der Waals surface area contributed by atoms with Crippen molar-refractivity contribution in [2.45, 2.75) is 32.7 Å². The summed E-state index contributed by atoms with van der Waals surface area (Å²) in [7, 11) is 1.61. The van der Waals surface area contributed by atoms with Crippen LogP contribution in [0.1, 0.15) is 47.3 Å². The van der Waals surface area contributed by atoms with Gasteiger partial charge in [-0.1, -0.05) is 37.6 Å². The lowest BCUT2D eigenvalue weighted by Gasteiger charge is -2.29. The number of rotatable bonds is 5. The fraction of sp³-hybridized carbons (Fsp3) is 0.333. The zero-order chi connectivity index (χ0) is 18.7. The molecule has 0 aliphatic carbocycles. The second-order valence-electron chi connectivity index (χ2n) is 6.52. The number of ether oxygens (including phenoxy) is 1. The van der Waals surface area contributed by atoms with Gasteiger partial charge in [0.25, 0.3) is 11.8 Å². The minimum Gasteiger partial charge on any atom is -0.496 e. The summed E-state index contributed by atoms with van der Waals surface area (Å²) in [5.74, 6) is 0.377. The van der Waals surface area contributed by atoms with E-state index < -0.39 is 6.04 Å². The first-order valence-corrected chi connectivity index (χ1v) is 8.92. The van der Waals surface area contributed by atoms with Crippen molar-refractivity contribution < 1.29 is 14.3 Å². The molecule has 5 heteroatoms. The van der Waals surface area contributed by atoms with Gasteiger partial charge >= 0.3 is 0 Å². The number of benzene rings is 2. The number of nitrogens with one attached hydrogen (secondary N) is 1. The third kappa shape index (κ3) is 3.29. The minimum atomic E-state index is -0.684. The Kier molecular flexibility index (Phi) is 5.26. The predicted molar refractivity (Wildman–Crippen MR) is 101 cm³/mol. The average Bonchev–Trinajstić information content (AvgIpc) is 2.75. The number of nitrogens with zero attached hydrogens (tertiary/aromatic N) is 1. The van der Waals surface area contributed by atoms with Gasteiger partial charge in [-0.05, 0) is 42.7 Å². The van der Waals surface area contributed by atoms with Crippen molar-refractivity contribution in [3.05, 3.63) is 59.2 Å². The number of amides is 2. The molecule has 3 rings (SSSR count). The molecule has 1 atom stereocenters. The average molecular weight is 352 g/mol. The SMILES string of the molecule is CCCCN1C(=O)c2ccccc2NC(=O)C1c1ccc(C)c(OC)c1. The number of para-hydroxylation sites is 1. The third-order valence-electron chi connectivity index (χ3n) is 4.74. The highest BCUT2D eigenvalue weighted by atomic mass is 16.5. The number of fused-ring (bicyclic) bond motifs is 1. The molecule has 0 fully saturated rings. The standard InChI is InChI=1S/C21H24N2O3/c1-4-5-12-23-19(15-11-10-14(2)18(13-15)26-3)20(24)22-17-9-7-6-8-16(17)21(23)25/h6-11,13,19H,4-5,12H2,1-3H3,(H,22,24). The lowest BCUT2D eigenvalue weighted by atomic mass is 10.0. The maximum atomic E-state index is 13.2. The van der Waals surface area contributed by atoms with E-state index in [0.717, 1.165) is 24.0 Å². The van der Waals surface area contributed by atoms with E-state index >= 15 is 0 Å². The van der Waals surface area contributed by atoms with Crippen LogP contribution in [0.2, 0.25) is 0 Å². The fourth-order valence-corrected chi connectivity index (χ4v) is 3.29. The van der Waals surface area contributed by atoms with E-state index in [1.54, 1.807) is 24.1 Å². The third-order valence-corrected chi connectivity index (χ3v) is 4.74. The van der Waals surface area contributed by atoms with Gasteiger partial charge in [0.05, 0.1) is 18.4 Å². The Morgan fingerprint density at radius 2 is 1.92 bits per heavy atom. The van der Waals surface area contributed by atoms with Crippen LogP contribution in [0.4, 0.5) is 5.69 Å². The Morgan fingerprint density at radius 1 is 1.15 bits per heavy atom. The molecule has 0 radical (unpaired) electrons. The van der Waals surface area contributed by atoms with Gasteiger partial charge < -0.3 is 15.0 Å². The highest BCUT2D eigenvalue weighted by molar-refractivity contribution is 6.10. The van der Waals surface area contributed by atoms with Gasteiger partial charge in [0, 0.05) is 6.54 Å². The lowest BCUT2D eigenvalue weighted by Crippen LogP contribution is -2.39. The van der Waals surface area contributed by atoms with E-state index in [9.17, 15) is 9.59 Å². The van der Waals surface area contributed by atoms with Crippen LogP contribution in [0.3, 0.4) is 0 Å².